The lowest BCUT2D eigenvalue weighted by atomic mass is 9.95. The number of nitrogens with zero attached hydrogens (tertiary/aromatic N) is 2. The Morgan fingerprint density at radius 2 is 0.576 bits per heavy atom. The molecule has 0 N–H and O–H groups in total. The second-order valence-electron chi connectivity index (χ2n) is 21.4. The largest absolute Gasteiger partial charge is 0.308 e. The molecular formula is C80H52F2N2S. The summed E-state index contributed by atoms with van der Waals surface area (Å²) in [5.41, 5.74) is 15.0. The molecule has 402 valence electrons. The molecule has 0 fully saturated rings. The standard InChI is InChI=1S/C80H52F2N2S/c81-78-71(59-29-15-5-16-30-59)47-61(55-25-11-3-12-26-55)49-74(78)83(63-39-35-57(36-40-63)53-21-7-1-8-22-53)65-43-45-69-73(51-65)67-33-19-20-34-68(67)77-70-46-44-66(52-76(70)85-80(69)77)84(64-41-37-58(38-42-64)54-23-9-2-10-24-54)75-50-62(56-27-13-4-14-28-56)48-72(79(75)82)60-31-17-6-18-32-60/h1-52H. The molecule has 0 spiro atoms. The normalized spacial score (nSPS) is 11.4. The van der Waals surface area contributed by atoms with E-state index in [4.69, 9.17) is 0 Å². The van der Waals surface area contributed by atoms with Crippen LogP contribution in [0.2, 0.25) is 0 Å². The molecule has 0 radical (unpaired) electrons. The summed E-state index contributed by atoms with van der Waals surface area (Å²) in [5.74, 6) is -0.630. The molecule has 1 aromatic heterocycles. The number of hydrogen-bond acceptors (Lipinski definition) is 3. The predicted octanol–water partition coefficient (Wildman–Crippen LogP) is 23.6. The molecule has 0 saturated heterocycles. The smallest absolute Gasteiger partial charge is 0.155 e. The van der Waals surface area contributed by atoms with Crippen molar-refractivity contribution in [3.8, 4) is 66.8 Å². The van der Waals surface area contributed by atoms with E-state index in [9.17, 15) is 0 Å². The van der Waals surface area contributed by atoms with E-state index in [1.807, 2.05) is 158 Å². The Kier molecular flexibility index (Phi) is 13.2. The zero-order valence-corrected chi connectivity index (χ0v) is 46.9. The molecule has 0 amide bonds. The fourth-order valence-electron chi connectivity index (χ4n) is 12.2. The van der Waals surface area contributed by atoms with Gasteiger partial charge in [-0.1, -0.05) is 243 Å². The van der Waals surface area contributed by atoms with E-state index >= 15 is 8.78 Å². The number of hydrogen-bond donors (Lipinski definition) is 0. The van der Waals surface area contributed by atoms with Crippen molar-refractivity contribution in [3.63, 3.8) is 0 Å². The molecule has 15 aromatic rings. The molecule has 14 aromatic carbocycles. The van der Waals surface area contributed by atoms with Gasteiger partial charge >= 0.3 is 0 Å². The molecule has 85 heavy (non-hydrogen) atoms. The van der Waals surface area contributed by atoms with Gasteiger partial charge in [-0.3, -0.25) is 0 Å². The topological polar surface area (TPSA) is 6.48 Å². The number of fused-ring (bicyclic) bond motifs is 8. The van der Waals surface area contributed by atoms with Crippen molar-refractivity contribution < 1.29 is 8.78 Å². The summed E-state index contributed by atoms with van der Waals surface area (Å²) in [6.45, 7) is 0. The lowest BCUT2D eigenvalue weighted by molar-refractivity contribution is 0.632. The van der Waals surface area contributed by atoms with E-state index in [-0.39, 0.29) is 11.6 Å². The highest BCUT2D eigenvalue weighted by molar-refractivity contribution is 7.27. The Bertz CT molecular complexity index is 4920. The molecule has 0 aliphatic carbocycles. The molecule has 0 unspecified atom stereocenters. The Balaban J connectivity index is 0.930. The van der Waals surface area contributed by atoms with Crippen LogP contribution in [0.4, 0.5) is 42.9 Å². The molecule has 1 heterocycles. The Morgan fingerprint density at radius 1 is 0.235 bits per heavy atom. The molecular weight excluding hydrogens is 1060 g/mol. The van der Waals surface area contributed by atoms with Gasteiger partial charge < -0.3 is 9.80 Å². The molecule has 0 aliphatic heterocycles. The van der Waals surface area contributed by atoms with Gasteiger partial charge in [0.1, 0.15) is 0 Å². The van der Waals surface area contributed by atoms with Crippen LogP contribution in [0, 0.1) is 11.6 Å². The molecule has 5 heteroatoms. The van der Waals surface area contributed by atoms with Crippen molar-refractivity contribution in [3.05, 3.63) is 327 Å². The molecule has 0 aliphatic rings. The SMILES string of the molecule is Fc1c(-c2ccccc2)cc(-c2ccccc2)cc1N(c1ccc(-c2ccccc2)cc1)c1ccc2c(c1)sc1c3ccc(N(c4ccc(-c5ccccc5)cc4)c4cc(-c5ccccc5)cc(-c5ccccc5)c4F)cc3c3ccccc3c21. The van der Waals surface area contributed by atoms with E-state index in [1.54, 1.807) is 11.3 Å². The summed E-state index contributed by atoms with van der Waals surface area (Å²) >= 11 is 1.75. The van der Waals surface area contributed by atoms with E-state index in [1.165, 1.54) is 0 Å². The highest BCUT2D eigenvalue weighted by Gasteiger charge is 2.26. The van der Waals surface area contributed by atoms with Crippen molar-refractivity contribution in [1.29, 1.82) is 0 Å². The maximum absolute atomic E-state index is 18.1. The maximum Gasteiger partial charge on any atom is 0.155 e. The Morgan fingerprint density at radius 3 is 1.01 bits per heavy atom. The molecule has 0 saturated carbocycles. The maximum atomic E-state index is 18.1. The van der Waals surface area contributed by atoms with Gasteiger partial charge in [0.05, 0.1) is 11.4 Å². The zero-order chi connectivity index (χ0) is 56.8. The van der Waals surface area contributed by atoms with Crippen LogP contribution < -0.4 is 9.80 Å². The van der Waals surface area contributed by atoms with E-state index < -0.39 is 0 Å². The number of thiophene rings is 1. The van der Waals surface area contributed by atoms with Crippen LogP contribution in [-0.2, 0) is 0 Å². The summed E-state index contributed by atoms with van der Waals surface area (Å²) < 4.78 is 38.3. The molecule has 0 atom stereocenters. The minimum absolute atomic E-state index is 0.314. The first-order chi connectivity index (χ1) is 42.0. The van der Waals surface area contributed by atoms with Crippen molar-refractivity contribution in [2.24, 2.45) is 0 Å². The monoisotopic (exact) mass is 1110 g/mol. The Hall–Kier alpha value is -10.7. The number of benzene rings is 14. The summed E-state index contributed by atoms with van der Waals surface area (Å²) in [7, 11) is 0. The van der Waals surface area contributed by atoms with Gasteiger partial charge in [-0.05, 0) is 145 Å². The summed E-state index contributed by atoms with van der Waals surface area (Å²) in [6.07, 6.45) is 0. The van der Waals surface area contributed by atoms with Gasteiger partial charge in [-0.15, -0.1) is 11.3 Å². The Labute approximate surface area is 496 Å². The van der Waals surface area contributed by atoms with Crippen molar-refractivity contribution in [2.75, 3.05) is 9.80 Å². The first-order valence-corrected chi connectivity index (χ1v) is 29.4. The van der Waals surface area contributed by atoms with E-state index in [0.717, 1.165) is 120 Å². The van der Waals surface area contributed by atoms with Gasteiger partial charge in [0.15, 0.2) is 11.6 Å². The van der Waals surface area contributed by atoms with Gasteiger partial charge in [0.25, 0.3) is 0 Å². The fraction of sp³-hybridized carbons (Fsp3) is 0. The van der Waals surface area contributed by atoms with Crippen molar-refractivity contribution >= 4 is 87.2 Å². The quantitative estimate of drug-likeness (QED) is 0.113. The predicted molar refractivity (Wildman–Crippen MR) is 356 cm³/mol. The van der Waals surface area contributed by atoms with Crippen LogP contribution in [-0.4, -0.2) is 0 Å². The lowest BCUT2D eigenvalue weighted by Crippen LogP contribution is -2.12. The van der Waals surface area contributed by atoms with Crippen LogP contribution in [0.25, 0.3) is 108 Å². The highest BCUT2D eigenvalue weighted by atomic mass is 32.1. The molecule has 15 rings (SSSR count). The van der Waals surface area contributed by atoms with Gasteiger partial charge in [-0.25, -0.2) is 8.78 Å². The third-order valence-electron chi connectivity index (χ3n) is 16.4. The zero-order valence-electron chi connectivity index (χ0n) is 46.1. The van der Waals surface area contributed by atoms with Crippen LogP contribution in [0.15, 0.2) is 315 Å². The van der Waals surface area contributed by atoms with Crippen LogP contribution in [0.5, 0.6) is 0 Å². The van der Waals surface area contributed by atoms with E-state index in [0.29, 0.717) is 22.5 Å². The van der Waals surface area contributed by atoms with Crippen LogP contribution in [0.3, 0.4) is 0 Å². The van der Waals surface area contributed by atoms with Gasteiger partial charge in [0.2, 0.25) is 0 Å². The fourth-order valence-corrected chi connectivity index (χ4v) is 13.5. The second kappa shape index (κ2) is 21.9. The third-order valence-corrected chi connectivity index (χ3v) is 17.5. The number of anilines is 6. The van der Waals surface area contributed by atoms with E-state index in [2.05, 4.69) is 168 Å². The minimum atomic E-state index is -0.317. The third kappa shape index (κ3) is 9.47. The summed E-state index contributed by atoms with van der Waals surface area (Å²) in [6, 6.07) is 107. The molecule has 0 bridgehead atoms. The van der Waals surface area contributed by atoms with Crippen molar-refractivity contribution in [1.82, 2.24) is 0 Å². The second-order valence-corrected chi connectivity index (χ2v) is 22.5. The van der Waals surface area contributed by atoms with Crippen LogP contribution in [0.1, 0.15) is 0 Å². The first kappa shape index (κ1) is 51.2. The summed E-state index contributed by atoms with van der Waals surface area (Å²) in [4.78, 5) is 4.15. The number of rotatable bonds is 12. The van der Waals surface area contributed by atoms with Gasteiger partial charge in [0, 0.05) is 59.4 Å². The lowest BCUT2D eigenvalue weighted by Gasteiger charge is -2.28. The van der Waals surface area contributed by atoms with Gasteiger partial charge in [-0.2, -0.15) is 0 Å². The van der Waals surface area contributed by atoms with Crippen molar-refractivity contribution in [2.45, 2.75) is 0 Å². The summed E-state index contributed by atoms with van der Waals surface area (Å²) in [5, 5.41) is 6.62. The van der Waals surface area contributed by atoms with Crippen LogP contribution >= 0.6 is 11.3 Å². The first-order valence-electron chi connectivity index (χ1n) is 28.6. The number of halogens is 2. The average molecular weight is 1110 g/mol. The minimum Gasteiger partial charge on any atom is -0.308 e. The average Bonchev–Trinajstić information content (AvgIpc) is 4.11. The highest BCUT2D eigenvalue weighted by Crippen LogP contribution is 2.50. The molecule has 2 nitrogen and oxygen atoms in total.